The molecule has 1 N–H and O–H groups in total. The fourth-order valence-electron chi connectivity index (χ4n) is 3.78. The second-order valence-corrected chi connectivity index (χ2v) is 9.19. The standard InChI is InChI=1S/C22H23F2N3O2S.ClH/c1-26-11-4-12-27(14-13-26)22-10-9-21(17-5-2-3-6-18(17)22)25-30(28,29)16-7-8-19(23)20(24)15-16;/h2-3,5-10,15,25H,4,11-14H2,1H3;1H. The zero-order chi connectivity index (χ0) is 21.3. The monoisotopic (exact) mass is 467 g/mol. The number of likely N-dealkylation sites (N-methyl/N-ethyl adjacent to an activating group) is 1. The van der Waals surface area contributed by atoms with Gasteiger partial charge in [-0.15, -0.1) is 12.4 Å². The molecule has 0 saturated carbocycles. The van der Waals surface area contributed by atoms with Crippen LogP contribution in [0.4, 0.5) is 20.2 Å². The van der Waals surface area contributed by atoms with Crippen LogP contribution < -0.4 is 9.62 Å². The highest BCUT2D eigenvalue weighted by atomic mass is 35.5. The average molecular weight is 468 g/mol. The van der Waals surface area contributed by atoms with Crippen molar-refractivity contribution in [2.45, 2.75) is 11.3 Å². The first-order valence-electron chi connectivity index (χ1n) is 9.78. The summed E-state index contributed by atoms with van der Waals surface area (Å²) >= 11 is 0. The van der Waals surface area contributed by atoms with Gasteiger partial charge >= 0.3 is 0 Å². The number of rotatable bonds is 4. The highest BCUT2D eigenvalue weighted by Gasteiger charge is 2.20. The Labute approximate surface area is 187 Å². The van der Waals surface area contributed by atoms with Crippen molar-refractivity contribution in [3.05, 3.63) is 66.2 Å². The fourth-order valence-corrected chi connectivity index (χ4v) is 4.87. The van der Waals surface area contributed by atoms with Crippen molar-refractivity contribution in [1.82, 2.24) is 4.90 Å². The Balaban J connectivity index is 0.00000272. The van der Waals surface area contributed by atoms with E-state index in [2.05, 4.69) is 21.6 Å². The lowest BCUT2D eigenvalue weighted by atomic mass is 10.1. The highest BCUT2D eigenvalue weighted by Crippen LogP contribution is 2.34. The number of halogens is 3. The molecule has 5 nitrogen and oxygen atoms in total. The van der Waals surface area contributed by atoms with Gasteiger partial charge in [-0.05, 0) is 50.3 Å². The molecule has 0 unspecified atom stereocenters. The van der Waals surface area contributed by atoms with Gasteiger partial charge in [0.1, 0.15) is 0 Å². The molecule has 0 aromatic heterocycles. The van der Waals surface area contributed by atoms with E-state index in [1.54, 1.807) is 6.07 Å². The number of nitrogens with one attached hydrogen (secondary N) is 1. The van der Waals surface area contributed by atoms with E-state index in [0.29, 0.717) is 11.8 Å². The molecule has 166 valence electrons. The predicted octanol–water partition coefficient (Wildman–Crippen LogP) is 4.48. The summed E-state index contributed by atoms with van der Waals surface area (Å²) in [6, 6.07) is 13.8. The summed E-state index contributed by atoms with van der Waals surface area (Å²) in [7, 11) is -1.96. The lowest BCUT2D eigenvalue weighted by Crippen LogP contribution is -2.28. The Morgan fingerprint density at radius 3 is 2.35 bits per heavy atom. The van der Waals surface area contributed by atoms with E-state index >= 15 is 0 Å². The molecule has 0 aliphatic carbocycles. The maximum Gasteiger partial charge on any atom is 0.262 e. The van der Waals surface area contributed by atoms with E-state index in [4.69, 9.17) is 0 Å². The smallest absolute Gasteiger partial charge is 0.262 e. The number of sulfonamides is 1. The number of nitrogens with zero attached hydrogens (tertiary/aromatic N) is 2. The van der Waals surface area contributed by atoms with E-state index in [1.807, 2.05) is 30.3 Å². The first-order valence-corrected chi connectivity index (χ1v) is 11.3. The van der Waals surface area contributed by atoms with Gasteiger partial charge in [-0.2, -0.15) is 0 Å². The van der Waals surface area contributed by atoms with E-state index < -0.39 is 21.7 Å². The van der Waals surface area contributed by atoms with Crippen molar-refractivity contribution in [2.75, 3.05) is 42.8 Å². The summed E-state index contributed by atoms with van der Waals surface area (Å²) in [5.74, 6) is -2.30. The summed E-state index contributed by atoms with van der Waals surface area (Å²) in [5, 5.41) is 1.69. The normalized spacial score (nSPS) is 15.4. The molecule has 0 bridgehead atoms. The fraction of sp³-hybridized carbons (Fsp3) is 0.273. The molecule has 0 radical (unpaired) electrons. The van der Waals surface area contributed by atoms with Gasteiger partial charge in [0.05, 0.1) is 10.6 Å². The van der Waals surface area contributed by atoms with Crippen molar-refractivity contribution in [3.63, 3.8) is 0 Å². The Morgan fingerprint density at radius 2 is 1.61 bits per heavy atom. The molecule has 1 aliphatic rings. The van der Waals surface area contributed by atoms with Gasteiger partial charge in [0.2, 0.25) is 0 Å². The van der Waals surface area contributed by atoms with Crippen molar-refractivity contribution in [1.29, 1.82) is 0 Å². The molecule has 31 heavy (non-hydrogen) atoms. The lowest BCUT2D eigenvalue weighted by Gasteiger charge is -2.25. The Kier molecular flexibility index (Phi) is 7.03. The lowest BCUT2D eigenvalue weighted by molar-refractivity contribution is 0.360. The number of hydrogen-bond acceptors (Lipinski definition) is 4. The summed E-state index contributed by atoms with van der Waals surface area (Å²) in [4.78, 5) is 4.29. The Morgan fingerprint density at radius 1 is 0.871 bits per heavy atom. The molecule has 1 saturated heterocycles. The minimum atomic E-state index is -4.07. The van der Waals surface area contributed by atoms with Gasteiger partial charge in [0, 0.05) is 36.1 Å². The molecule has 1 fully saturated rings. The molecule has 0 spiro atoms. The van der Waals surface area contributed by atoms with E-state index in [1.165, 1.54) is 0 Å². The van der Waals surface area contributed by atoms with Crippen molar-refractivity contribution >= 4 is 44.6 Å². The number of fused-ring (bicyclic) bond motifs is 1. The Hall–Kier alpha value is -2.42. The second-order valence-electron chi connectivity index (χ2n) is 7.50. The van der Waals surface area contributed by atoms with Crippen molar-refractivity contribution in [2.24, 2.45) is 0 Å². The predicted molar refractivity (Wildman–Crippen MR) is 123 cm³/mol. The second kappa shape index (κ2) is 9.38. The van der Waals surface area contributed by atoms with Crippen LogP contribution in [0.1, 0.15) is 6.42 Å². The molecular formula is C22H24ClF2N3O2S. The van der Waals surface area contributed by atoms with Gasteiger partial charge in [0.15, 0.2) is 11.6 Å². The van der Waals surface area contributed by atoms with Crippen LogP contribution in [0, 0.1) is 11.6 Å². The van der Waals surface area contributed by atoms with Crippen molar-refractivity contribution in [3.8, 4) is 0 Å². The third-order valence-electron chi connectivity index (χ3n) is 5.41. The minimum Gasteiger partial charge on any atom is -0.370 e. The third-order valence-corrected chi connectivity index (χ3v) is 6.77. The van der Waals surface area contributed by atoms with Crippen LogP contribution in [0.5, 0.6) is 0 Å². The zero-order valence-corrected chi connectivity index (χ0v) is 18.6. The van der Waals surface area contributed by atoms with Crippen LogP contribution in [0.25, 0.3) is 10.8 Å². The molecule has 4 rings (SSSR count). The topological polar surface area (TPSA) is 52.6 Å². The van der Waals surface area contributed by atoms with Crippen LogP contribution in [0.2, 0.25) is 0 Å². The molecule has 3 aromatic rings. The number of hydrogen-bond donors (Lipinski definition) is 1. The van der Waals surface area contributed by atoms with Crippen LogP contribution in [-0.2, 0) is 10.0 Å². The summed E-state index contributed by atoms with van der Waals surface area (Å²) in [6.07, 6.45) is 1.05. The van der Waals surface area contributed by atoms with Gasteiger partial charge in [0.25, 0.3) is 10.0 Å². The van der Waals surface area contributed by atoms with Crippen LogP contribution in [0.3, 0.4) is 0 Å². The SMILES string of the molecule is CN1CCCN(c2ccc(NS(=O)(=O)c3ccc(F)c(F)c3)c3ccccc23)CC1.Cl. The minimum absolute atomic E-state index is 0. The largest absolute Gasteiger partial charge is 0.370 e. The van der Waals surface area contributed by atoms with Gasteiger partial charge < -0.3 is 9.80 Å². The molecular weight excluding hydrogens is 444 g/mol. The summed E-state index contributed by atoms with van der Waals surface area (Å²) < 4.78 is 54.8. The zero-order valence-electron chi connectivity index (χ0n) is 17.0. The van der Waals surface area contributed by atoms with Crippen LogP contribution in [0.15, 0.2) is 59.5 Å². The van der Waals surface area contributed by atoms with Crippen LogP contribution in [-0.4, -0.2) is 46.5 Å². The average Bonchev–Trinajstić information content (AvgIpc) is 2.94. The number of benzene rings is 3. The van der Waals surface area contributed by atoms with E-state index in [-0.39, 0.29) is 17.3 Å². The molecule has 3 aromatic carbocycles. The van der Waals surface area contributed by atoms with Gasteiger partial charge in [-0.25, -0.2) is 17.2 Å². The molecule has 9 heteroatoms. The maximum atomic E-state index is 13.5. The quantitative estimate of drug-likeness (QED) is 0.614. The number of anilines is 2. The molecule has 1 heterocycles. The van der Waals surface area contributed by atoms with Gasteiger partial charge in [-0.3, -0.25) is 4.72 Å². The summed E-state index contributed by atoms with van der Waals surface area (Å²) in [5.41, 5.74) is 1.45. The van der Waals surface area contributed by atoms with E-state index in [9.17, 15) is 17.2 Å². The van der Waals surface area contributed by atoms with E-state index in [0.717, 1.165) is 61.2 Å². The van der Waals surface area contributed by atoms with Crippen LogP contribution >= 0.6 is 12.4 Å². The maximum absolute atomic E-state index is 13.5. The molecule has 0 amide bonds. The highest BCUT2D eigenvalue weighted by molar-refractivity contribution is 7.92. The van der Waals surface area contributed by atoms with Gasteiger partial charge in [-0.1, -0.05) is 24.3 Å². The third kappa shape index (κ3) is 4.92. The summed E-state index contributed by atoms with van der Waals surface area (Å²) in [6.45, 7) is 3.81. The molecule has 0 atom stereocenters. The van der Waals surface area contributed by atoms with Crippen molar-refractivity contribution < 1.29 is 17.2 Å². The first kappa shape index (κ1) is 23.2. The first-order chi connectivity index (χ1) is 14.3. The Bertz CT molecular complexity index is 1190. The molecule has 1 aliphatic heterocycles.